The van der Waals surface area contributed by atoms with Crippen molar-refractivity contribution in [2.45, 2.75) is 19.4 Å². The molecule has 0 aliphatic rings. The summed E-state index contributed by atoms with van der Waals surface area (Å²) < 4.78 is 14.7. The Kier molecular flexibility index (Phi) is 8.68. The normalized spacial score (nSPS) is 11.4. The van der Waals surface area contributed by atoms with Gasteiger partial charge in [-0.3, -0.25) is 4.79 Å². The van der Waals surface area contributed by atoms with E-state index in [1.807, 2.05) is 0 Å². The molecule has 0 fully saturated rings. The molecule has 0 aromatic carbocycles. The van der Waals surface area contributed by atoms with Crippen LogP contribution in [0.5, 0.6) is 0 Å². The van der Waals surface area contributed by atoms with Crippen molar-refractivity contribution in [1.82, 2.24) is 0 Å². The van der Waals surface area contributed by atoms with Gasteiger partial charge in [-0.05, 0) is 6.92 Å². The quantitative estimate of drug-likeness (QED) is 0.449. The molecule has 17 heavy (non-hydrogen) atoms. The predicted molar refractivity (Wildman–Crippen MR) is 62.3 cm³/mol. The van der Waals surface area contributed by atoms with Gasteiger partial charge in [-0.15, -0.1) is 0 Å². The van der Waals surface area contributed by atoms with Crippen LogP contribution >= 0.6 is 0 Å². The zero-order valence-corrected chi connectivity index (χ0v) is 10.0. The first kappa shape index (κ1) is 15.4. The Labute approximate surface area is 101 Å². The van der Waals surface area contributed by atoms with Crippen LogP contribution < -0.4 is 0 Å². The average molecular weight is 242 g/mol. The van der Waals surface area contributed by atoms with E-state index >= 15 is 0 Å². The minimum atomic E-state index is -0.933. The molecule has 0 saturated carbocycles. The summed E-state index contributed by atoms with van der Waals surface area (Å²) in [5, 5.41) is 0. The van der Waals surface area contributed by atoms with Crippen molar-refractivity contribution in [3.63, 3.8) is 0 Å². The van der Waals surface area contributed by atoms with Gasteiger partial charge in [-0.25, -0.2) is 4.79 Å². The second-order valence-corrected chi connectivity index (χ2v) is 3.04. The molecular formula is C12H18O5. The lowest BCUT2D eigenvalue weighted by atomic mass is 10.2. The number of esters is 2. The molecule has 0 aliphatic heterocycles. The molecule has 0 amide bonds. The first-order valence-corrected chi connectivity index (χ1v) is 5.31. The van der Waals surface area contributed by atoms with Gasteiger partial charge in [0.15, 0.2) is 6.10 Å². The average Bonchev–Trinajstić information content (AvgIpc) is 2.32. The van der Waals surface area contributed by atoms with Gasteiger partial charge in [0.2, 0.25) is 0 Å². The highest BCUT2D eigenvalue weighted by Crippen LogP contribution is 2.04. The van der Waals surface area contributed by atoms with Gasteiger partial charge < -0.3 is 14.2 Å². The largest absolute Gasteiger partial charge is 0.461 e. The van der Waals surface area contributed by atoms with E-state index in [2.05, 4.69) is 13.2 Å². The molecule has 5 heteroatoms. The van der Waals surface area contributed by atoms with E-state index in [0.29, 0.717) is 6.61 Å². The maximum atomic E-state index is 11.5. The van der Waals surface area contributed by atoms with Gasteiger partial charge in [-0.1, -0.05) is 25.3 Å². The SMILES string of the molecule is C=CCOC(=O)CC(OCC)C(=O)OCC=C. The summed E-state index contributed by atoms with van der Waals surface area (Å²) in [5.74, 6) is -1.12. The van der Waals surface area contributed by atoms with Gasteiger partial charge in [0.25, 0.3) is 0 Å². The Bertz CT molecular complexity index is 272. The molecule has 1 unspecified atom stereocenters. The summed E-state index contributed by atoms with van der Waals surface area (Å²) in [5.41, 5.74) is 0. The fourth-order valence-electron chi connectivity index (χ4n) is 1.01. The van der Waals surface area contributed by atoms with Crippen LogP contribution in [0.4, 0.5) is 0 Å². The van der Waals surface area contributed by atoms with Gasteiger partial charge in [0.05, 0.1) is 6.42 Å². The van der Waals surface area contributed by atoms with Gasteiger partial charge in [0.1, 0.15) is 13.2 Å². The van der Waals surface area contributed by atoms with Crippen molar-refractivity contribution in [1.29, 1.82) is 0 Å². The number of rotatable bonds is 9. The smallest absolute Gasteiger partial charge is 0.336 e. The lowest BCUT2D eigenvalue weighted by molar-refractivity contribution is -0.162. The molecule has 0 rings (SSSR count). The Morgan fingerprint density at radius 1 is 1.18 bits per heavy atom. The lowest BCUT2D eigenvalue weighted by Crippen LogP contribution is -2.30. The first-order valence-electron chi connectivity index (χ1n) is 5.31. The number of carbonyl (C=O) groups is 2. The Hall–Kier alpha value is -1.62. The van der Waals surface area contributed by atoms with Gasteiger partial charge in [0, 0.05) is 6.61 Å². The van der Waals surface area contributed by atoms with Crippen LogP contribution in [0.25, 0.3) is 0 Å². The number of carbonyl (C=O) groups excluding carboxylic acids is 2. The lowest BCUT2D eigenvalue weighted by Gasteiger charge is -2.14. The maximum absolute atomic E-state index is 11.5. The van der Waals surface area contributed by atoms with Crippen LogP contribution in [0.1, 0.15) is 13.3 Å². The predicted octanol–water partition coefficient (Wildman–Crippen LogP) is 1.24. The first-order chi connectivity index (χ1) is 8.15. The molecule has 5 nitrogen and oxygen atoms in total. The van der Waals surface area contributed by atoms with E-state index in [1.165, 1.54) is 12.2 Å². The fraction of sp³-hybridized carbons (Fsp3) is 0.500. The zero-order chi connectivity index (χ0) is 13.1. The minimum Gasteiger partial charge on any atom is -0.461 e. The third kappa shape index (κ3) is 7.30. The summed E-state index contributed by atoms with van der Waals surface area (Å²) >= 11 is 0. The van der Waals surface area contributed by atoms with Crippen LogP contribution in [0.2, 0.25) is 0 Å². The second-order valence-electron chi connectivity index (χ2n) is 3.04. The van der Waals surface area contributed by atoms with E-state index in [-0.39, 0.29) is 19.6 Å². The molecule has 0 aliphatic carbocycles. The molecule has 0 radical (unpaired) electrons. The van der Waals surface area contributed by atoms with Crippen molar-refractivity contribution in [2.24, 2.45) is 0 Å². The number of hydrogen-bond donors (Lipinski definition) is 0. The van der Waals surface area contributed by atoms with E-state index in [0.717, 1.165) is 0 Å². The monoisotopic (exact) mass is 242 g/mol. The van der Waals surface area contributed by atoms with E-state index < -0.39 is 18.0 Å². The van der Waals surface area contributed by atoms with Gasteiger partial charge >= 0.3 is 11.9 Å². The van der Waals surface area contributed by atoms with Crippen LogP contribution in [0.15, 0.2) is 25.3 Å². The summed E-state index contributed by atoms with van der Waals surface area (Å²) in [6, 6.07) is 0. The molecule has 0 N–H and O–H groups in total. The van der Waals surface area contributed by atoms with Gasteiger partial charge in [-0.2, -0.15) is 0 Å². The molecule has 0 spiro atoms. The Morgan fingerprint density at radius 3 is 2.29 bits per heavy atom. The number of ether oxygens (including phenoxy) is 3. The van der Waals surface area contributed by atoms with Crippen LogP contribution in [-0.2, 0) is 23.8 Å². The van der Waals surface area contributed by atoms with Crippen molar-refractivity contribution in [2.75, 3.05) is 19.8 Å². The van der Waals surface area contributed by atoms with E-state index in [1.54, 1.807) is 6.92 Å². The van der Waals surface area contributed by atoms with Crippen LogP contribution in [-0.4, -0.2) is 37.9 Å². The number of hydrogen-bond acceptors (Lipinski definition) is 5. The minimum absolute atomic E-state index is 0.0874. The van der Waals surface area contributed by atoms with Crippen molar-refractivity contribution in [3.8, 4) is 0 Å². The molecule has 0 aromatic heterocycles. The highest BCUT2D eigenvalue weighted by molar-refractivity contribution is 5.81. The highest BCUT2D eigenvalue weighted by Gasteiger charge is 2.24. The standard InChI is InChI=1S/C12H18O5/c1-4-7-16-11(13)9-10(15-6-3)12(14)17-8-5-2/h4-5,10H,1-2,6-9H2,3H3. The molecule has 1 atom stereocenters. The Morgan fingerprint density at radius 2 is 1.76 bits per heavy atom. The highest BCUT2D eigenvalue weighted by atomic mass is 16.6. The topological polar surface area (TPSA) is 61.8 Å². The summed E-state index contributed by atoms with van der Waals surface area (Å²) in [4.78, 5) is 22.8. The van der Waals surface area contributed by atoms with E-state index in [9.17, 15) is 9.59 Å². The van der Waals surface area contributed by atoms with Crippen LogP contribution in [0.3, 0.4) is 0 Å². The summed E-state index contributed by atoms with van der Waals surface area (Å²) in [7, 11) is 0. The fourth-order valence-corrected chi connectivity index (χ4v) is 1.01. The maximum Gasteiger partial charge on any atom is 0.336 e. The van der Waals surface area contributed by atoms with Crippen molar-refractivity contribution < 1.29 is 23.8 Å². The van der Waals surface area contributed by atoms with Crippen LogP contribution in [0, 0.1) is 0 Å². The zero-order valence-electron chi connectivity index (χ0n) is 10.0. The van der Waals surface area contributed by atoms with Crippen molar-refractivity contribution >= 4 is 11.9 Å². The summed E-state index contributed by atoms with van der Waals surface area (Å²) in [6.45, 7) is 9.06. The Balaban J connectivity index is 4.20. The second kappa shape index (κ2) is 9.59. The molecule has 96 valence electrons. The van der Waals surface area contributed by atoms with Crippen molar-refractivity contribution in [3.05, 3.63) is 25.3 Å². The molecule has 0 bridgehead atoms. The third-order valence-electron chi connectivity index (χ3n) is 1.69. The third-order valence-corrected chi connectivity index (χ3v) is 1.69. The molecule has 0 aromatic rings. The summed E-state index contributed by atoms with van der Waals surface area (Å²) in [6.07, 6.45) is 1.79. The molecule has 0 heterocycles. The van der Waals surface area contributed by atoms with E-state index in [4.69, 9.17) is 14.2 Å². The molecule has 0 saturated heterocycles. The molecular weight excluding hydrogens is 224 g/mol.